The van der Waals surface area contributed by atoms with E-state index in [9.17, 15) is 4.39 Å². The predicted octanol–water partition coefficient (Wildman–Crippen LogP) is 4.82. The lowest BCUT2D eigenvalue weighted by atomic mass is 10.0. The lowest BCUT2D eigenvalue weighted by Crippen LogP contribution is -2.33. The first kappa shape index (κ1) is 18.0. The van der Waals surface area contributed by atoms with Gasteiger partial charge in [-0.15, -0.1) is 0 Å². The molecule has 0 amide bonds. The first-order valence-electron chi connectivity index (χ1n) is 8.22. The normalized spacial score (nSPS) is 12.8. The number of nitrogens with zero attached hydrogens (tertiary/aromatic N) is 1. The Kier molecular flexibility index (Phi) is 7.16. The Morgan fingerprint density at radius 3 is 2.33 bits per heavy atom. The summed E-state index contributed by atoms with van der Waals surface area (Å²) in [5.41, 5.74) is 2.95. The summed E-state index contributed by atoms with van der Waals surface area (Å²) in [6.07, 6.45) is 2.17. The molecule has 1 aromatic rings. The number of benzene rings is 1. The average molecular weight is 294 g/mol. The van der Waals surface area contributed by atoms with Crippen LogP contribution >= 0.6 is 0 Å². The van der Waals surface area contributed by atoms with Crippen molar-refractivity contribution in [3.8, 4) is 0 Å². The van der Waals surface area contributed by atoms with Gasteiger partial charge in [0, 0.05) is 24.3 Å². The van der Waals surface area contributed by atoms with Crippen LogP contribution in [0.4, 0.5) is 10.1 Å². The highest BCUT2D eigenvalue weighted by Crippen LogP contribution is 2.31. The Balaban J connectivity index is 3.23. The SMILES string of the molecule is CCCNC(C)c1cc(F)c(C)cc1N(CCC)C(C)C. The molecule has 0 radical (unpaired) electrons. The van der Waals surface area contributed by atoms with Crippen molar-refractivity contribution in [3.05, 3.63) is 29.1 Å². The minimum Gasteiger partial charge on any atom is -0.369 e. The van der Waals surface area contributed by atoms with Crippen LogP contribution in [-0.4, -0.2) is 19.1 Å². The fourth-order valence-corrected chi connectivity index (χ4v) is 2.65. The summed E-state index contributed by atoms with van der Waals surface area (Å²) < 4.78 is 14.0. The van der Waals surface area contributed by atoms with E-state index in [1.54, 1.807) is 6.07 Å². The molecule has 21 heavy (non-hydrogen) atoms. The zero-order chi connectivity index (χ0) is 16.0. The van der Waals surface area contributed by atoms with Gasteiger partial charge in [-0.25, -0.2) is 4.39 Å². The number of hydrogen-bond donors (Lipinski definition) is 1. The van der Waals surface area contributed by atoms with Gasteiger partial charge in [0.05, 0.1) is 0 Å². The van der Waals surface area contributed by atoms with Gasteiger partial charge in [-0.2, -0.15) is 0 Å². The molecule has 0 saturated heterocycles. The standard InChI is InChI=1S/C18H31FN2/c1-7-9-20-15(6)16-12-17(19)14(5)11-18(16)21(10-8-2)13(3)4/h11-13,15,20H,7-10H2,1-6H3. The Morgan fingerprint density at radius 1 is 1.14 bits per heavy atom. The van der Waals surface area contributed by atoms with Crippen molar-refractivity contribution < 1.29 is 4.39 Å². The molecule has 0 aliphatic heterocycles. The predicted molar refractivity (Wildman–Crippen MR) is 90.6 cm³/mol. The van der Waals surface area contributed by atoms with Gasteiger partial charge in [0.1, 0.15) is 5.82 Å². The summed E-state index contributed by atoms with van der Waals surface area (Å²) in [6, 6.07) is 4.29. The van der Waals surface area contributed by atoms with E-state index in [1.165, 1.54) is 5.69 Å². The molecule has 2 nitrogen and oxygen atoms in total. The summed E-state index contributed by atoms with van der Waals surface area (Å²) >= 11 is 0. The van der Waals surface area contributed by atoms with E-state index in [-0.39, 0.29) is 11.9 Å². The monoisotopic (exact) mass is 294 g/mol. The molecule has 1 N–H and O–H groups in total. The van der Waals surface area contributed by atoms with Crippen molar-refractivity contribution in [1.29, 1.82) is 0 Å². The molecule has 1 unspecified atom stereocenters. The zero-order valence-electron chi connectivity index (χ0n) is 14.5. The Hall–Kier alpha value is -1.09. The minimum absolute atomic E-state index is 0.112. The van der Waals surface area contributed by atoms with Gasteiger partial charge in [0.2, 0.25) is 0 Å². The molecule has 0 aromatic heterocycles. The molecule has 0 heterocycles. The molecule has 1 aromatic carbocycles. The molecule has 0 bridgehead atoms. The van der Waals surface area contributed by atoms with Crippen LogP contribution in [0, 0.1) is 12.7 Å². The van der Waals surface area contributed by atoms with Crippen LogP contribution in [0.3, 0.4) is 0 Å². The number of anilines is 1. The highest BCUT2D eigenvalue weighted by Gasteiger charge is 2.19. The molecule has 3 heteroatoms. The third-order valence-corrected chi connectivity index (χ3v) is 3.87. The maximum atomic E-state index is 14.0. The van der Waals surface area contributed by atoms with E-state index in [4.69, 9.17) is 0 Å². The van der Waals surface area contributed by atoms with Crippen LogP contribution in [0.5, 0.6) is 0 Å². The highest BCUT2D eigenvalue weighted by molar-refractivity contribution is 5.57. The van der Waals surface area contributed by atoms with Gasteiger partial charge < -0.3 is 10.2 Å². The van der Waals surface area contributed by atoms with Gasteiger partial charge in [0.25, 0.3) is 0 Å². The van der Waals surface area contributed by atoms with Crippen molar-refractivity contribution in [2.24, 2.45) is 0 Å². The third-order valence-electron chi connectivity index (χ3n) is 3.87. The van der Waals surface area contributed by atoms with E-state index in [1.807, 2.05) is 13.0 Å². The number of aryl methyl sites for hydroxylation is 1. The van der Waals surface area contributed by atoms with Crippen LogP contribution in [0.1, 0.15) is 64.6 Å². The van der Waals surface area contributed by atoms with E-state index < -0.39 is 0 Å². The lowest BCUT2D eigenvalue weighted by Gasteiger charge is -2.33. The minimum atomic E-state index is -0.112. The topological polar surface area (TPSA) is 15.3 Å². The number of halogens is 1. The number of rotatable bonds is 8. The van der Waals surface area contributed by atoms with Gasteiger partial charge in [0.15, 0.2) is 0 Å². The van der Waals surface area contributed by atoms with Gasteiger partial charge in [-0.05, 0) is 70.3 Å². The quantitative estimate of drug-likeness (QED) is 0.739. The fourth-order valence-electron chi connectivity index (χ4n) is 2.65. The van der Waals surface area contributed by atoms with Gasteiger partial charge >= 0.3 is 0 Å². The molecule has 0 aliphatic rings. The van der Waals surface area contributed by atoms with Crippen LogP contribution in [0.2, 0.25) is 0 Å². The van der Waals surface area contributed by atoms with Crippen molar-refractivity contribution in [3.63, 3.8) is 0 Å². The molecular formula is C18H31FN2. The summed E-state index contributed by atoms with van der Waals surface area (Å²) in [4.78, 5) is 2.38. The van der Waals surface area contributed by atoms with Crippen molar-refractivity contribution in [2.75, 3.05) is 18.0 Å². The van der Waals surface area contributed by atoms with Crippen LogP contribution in [-0.2, 0) is 0 Å². The maximum Gasteiger partial charge on any atom is 0.126 e. The molecule has 1 rings (SSSR count). The molecule has 0 saturated carbocycles. The van der Waals surface area contributed by atoms with Gasteiger partial charge in [-0.3, -0.25) is 0 Å². The zero-order valence-corrected chi connectivity index (χ0v) is 14.5. The van der Waals surface area contributed by atoms with Gasteiger partial charge in [-0.1, -0.05) is 13.8 Å². The summed E-state index contributed by atoms with van der Waals surface area (Å²) in [5.74, 6) is -0.112. The second kappa shape index (κ2) is 8.38. The number of nitrogens with one attached hydrogen (secondary N) is 1. The second-order valence-corrected chi connectivity index (χ2v) is 6.12. The molecule has 1 atom stereocenters. The van der Waals surface area contributed by atoms with E-state index >= 15 is 0 Å². The first-order chi connectivity index (χ1) is 9.92. The van der Waals surface area contributed by atoms with Crippen molar-refractivity contribution >= 4 is 5.69 Å². The van der Waals surface area contributed by atoms with E-state index in [2.05, 4.69) is 44.8 Å². The largest absolute Gasteiger partial charge is 0.369 e. The highest BCUT2D eigenvalue weighted by atomic mass is 19.1. The average Bonchev–Trinajstić information content (AvgIpc) is 2.44. The summed E-state index contributed by atoms with van der Waals surface area (Å²) in [7, 11) is 0. The van der Waals surface area contributed by atoms with Crippen molar-refractivity contribution in [2.45, 2.75) is 66.5 Å². The molecule has 0 spiro atoms. The third kappa shape index (κ3) is 4.70. The van der Waals surface area contributed by atoms with Crippen LogP contribution < -0.4 is 10.2 Å². The molecule has 120 valence electrons. The van der Waals surface area contributed by atoms with Crippen LogP contribution in [0.25, 0.3) is 0 Å². The first-order valence-corrected chi connectivity index (χ1v) is 8.22. The Bertz CT molecular complexity index is 443. The fraction of sp³-hybridized carbons (Fsp3) is 0.667. The number of hydrogen-bond acceptors (Lipinski definition) is 2. The lowest BCUT2D eigenvalue weighted by molar-refractivity contribution is 0.555. The maximum absolute atomic E-state index is 14.0. The Labute approximate surface area is 129 Å². The van der Waals surface area contributed by atoms with E-state index in [0.717, 1.165) is 37.1 Å². The second-order valence-electron chi connectivity index (χ2n) is 6.12. The summed E-state index contributed by atoms with van der Waals surface area (Å²) in [5, 5.41) is 3.48. The smallest absolute Gasteiger partial charge is 0.126 e. The summed E-state index contributed by atoms with van der Waals surface area (Å²) in [6.45, 7) is 14.6. The van der Waals surface area contributed by atoms with Crippen molar-refractivity contribution in [1.82, 2.24) is 5.32 Å². The molecular weight excluding hydrogens is 263 g/mol. The van der Waals surface area contributed by atoms with Crippen LogP contribution in [0.15, 0.2) is 12.1 Å². The Morgan fingerprint density at radius 2 is 1.81 bits per heavy atom. The molecule has 0 aliphatic carbocycles. The molecule has 0 fully saturated rings. The van der Waals surface area contributed by atoms with E-state index in [0.29, 0.717) is 6.04 Å².